The van der Waals surface area contributed by atoms with Gasteiger partial charge in [-0.3, -0.25) is 4.68 Å². The Morgan fingerprint density at radius 1 is 1.23 bits per heavy atom. The van der Waals surface area contributed by atoms with E-state index in [-0.39, 0.29) is 28.0 Å². The van der Waals surface area contributed by atoms with Crippen molar-refractivity contribution in [2.75, 3.05) is 17.2 Å². The van der Waals surface area contributed by atoms with Crippen LogP contribution < -0.4 is 15.4 Å². The summed E-state index contributed by atoms with van der Waals surface area (Å²) in [6, 6.07) is 8.77. The quantitative estimate of drug-likeness (QED) is 0.487. The number of aromatic nitrogens is 4. The van der Waals surface area contributed by atoms with Crippen molar-refractivity contribution in [1.29, 1.82) is 0 Å². The number of nitrogens with two attached hydrogens (primary N) is 1. The molecular formula is C21H23N7O2S. The molecule has 0 aliphatic carbocycles. The summed E-state index contributed by atoms with van der Waals surface area (Å²) in [5, 5.41) is 13.3. The summed E-state index contributed by atoms with van der Waals surface area (Å²) in [5.41, 5.74) is 2.34. The zero-order valence-electron chi connectivity index (χ0n) is 22.0. The van der Waals surface area contributed by atoms with Gasteiger partial charge in [0.15, 0.2) is 0 Å². The fourth-order valence-corrected chi connectivity index (χ4v) is 3.95. The molecule has 4 rings (SSSR count). The van der Waals surface area contributed by atoms with Crippen LogP contribution in [0.1, 0.15) is 18.1 Å². The molecule has 0 spiro atoms. The highest BCUT2D eigenvalue weighted by Crippen LogP contribution is 2.28. The van der Waals surface area contributed by atoms with Crippen LogP contribution in [0.5, 0.6) is 0 Å². The van der Waals surface area contributed by atoms with Crippen molar-refractivity contribution >= 4 is 44.1 Å². The molecule has 0 bridgehead atoms. The van der Waals surface area contributed by atoms with Crippen LogP contribution in [0.15, 0.2) is 53.5 Å². The lowest BCUT2D eigenvalue weighted by atomic mass is 10.2. The van der Waals surface area contributed by atoms with Crippen LogP contribution in [-0.2, 0) is 17.1 Å². The second-order valence-electron chi connectivity index (χ2n) is 7.00. The van der Waals surface area contributed by atoms with Crippen LogP contribution in [-0.4, -0.2) is 35.1 Å². The molecule has 0 amide bonds. The van der Waals surface area contributed by atoms with Crippen molar-refractivity contribution in [1.82, 2.24) is 19.7 Å². The Morgan fingerprint density at radius 2 is 2.03 bits per heavy atom. The predicted octanol–water partition coefficient (Wildman–Crippen LogP) is 3.14. The van der Waals surface area contributed by atoms with Gasteiger partial charge in [0.05, 0.1) is 13.2 Å². The Kier molecular flexibility index (Phi) is 3.78. The SMILES string of the molecule is [2H]c1nc(Nc2ccc(C)c(S(N)(=O)=O)c2)nc(N(c2ccc3c(C)n(C)nc3c2)C([2H])([2H])[2H])c1[2H]. The molecular weight excluding hydrogens is 414 g/mol. The van der Waals surface area contributed by atoms with E-state index in [1.165, 1.54) is 12.1 Å². The first-order chi connectivity index (χ1) is 16.7. The lowest BCUT2D eigenvalue weighted by Crippen LogP contribution is -2.14. The van der Waals surface area contributed by atoms with Crippen molar-refractivity contribution in [3.05, 3.63) is 59.9 Å². The average molecular weight is 443 g/mol. The Bertz CT molecular complexity index is 1600. The number of anilines is 4. The summed E-state index contributed by atoms with van der Waals surface area (Å²) in [7, 11) is -2.22. The fourth-order valence-electron chi connectivity index (χ4n) is 3.14. The summed E-state index contributed by atoms with van der Waals surface area (Å²) >= 11 is 0. The fraction of sp³-hybridized carbons (Fsp3) is 0.190. The van der Waals surface area contributed by atoms with Crippen molar-refractivity contribution in [2.24, 2.45) is 12.2 Å². The van der Waals surface area contributed by atoms with Gasteiger partial charge in [0.2, 0.25) is 16.0 Å². The molecule has 2 aromatic carbocycles. The summed E-state index contributed by atoms with van der Waals surface area (Å²) in [4.78, 5) is 8.89. The minimum atomic E-state index is -4.00. The Morgan fingerprint density at radius 3 is 2.77 bits per heavy atom. The van der Waals surface area contributed by atoms with Crippen LogP contribution in [0.4, 0.5) is 23.1 Å². The second-order valence-corrected chi connectivity index (χ2v) is 8.53. The van der Waals surface area contributed by atoms with Crippen molar-refractivity contribution in [2.45, 2.75) is 18.7 Å². The first kappa shape index (κ1) is 15.3. The topological polar surface area (TPSA) is 119 Å². The molecule has 0 unspecified atom stereocenters. The summed E-state index contributed by atoms with van der Waals surface area (Å²) in [6.07, 6.45) is -0.523. The molecule has 0 saturated carbocycles. The molecule has 4 aromatic rings. The number of primary sulfonamides is 1. The van der Waals surface area contributed by atoms with Gasteiger partial charge < -0.3 is 10.2 Å². The van der Waals surface area contributed by atoms with Gasteiger partial charge >= 0.3 is 0 Å². The molecule has 0 fully saturated rings. The molecule has 0 aliphatic rings. The monoisotopic (exact) mass is 442 g/mol. The van der Waals surface area contributed by atoms with Gasteiger partial charge in [-0.15, -0.1) is 0 Å². The van der Waals surface area contributed by atoms with Gasteiger partial charge in [-0.05, 0) is 55.8 Å². The van der Waals surface area contributed by atoms with Gasteiger partial charge in [0.1, 0.15) is 5.82 Å². The lowest BCUT2D eigenvalue weighted by Gasteiger charge is -2.19. The molecule has 2 aromatic heterocycles. The Hall–Kier alpha value is -3.50. The van der Waals surface area contributed by atoms with E-state index in [9.17, 15) is 8.42 Å². The van der Waals surface area contributed by atoms with Crippen molar-refractivity contribution in [3.63, 3.8) is 0 Å². The maximum atomic E-state index is 11.9. The number of fused-ring (bicyclic) bond motifs is 1. The highest BCUT2D eigenvalue weighted by Gasteiger charge is 2.14. The third kappa shape index (κ3) is 4.07. The van der Waals surface area contributed by atoms with E-state index in [1.807, 2.05) is 6.92 Å². The number of aryl methyl sites for hydroxylation is 3. The molecule has 31 heavy (non-hydrogen) atoms. The van der Waals surface area contributed by atoms with Gasteiger partial charge in [-0.1, -0.05) is 6.07 Å². The normalized spacial score (nSPS) is 14.4. The van der Waals surface area contributed by atoms with E-state index in [1.54, 1.807) is 42.9 Å². The van der Waals surface area contributed by atoms with Crippen LogP contribution in [0.25, 0.3) is 10.9 Å². The number of sulfonamides is 1. The number of hydrogen-bond acceptors (Lipinski definition) is 7. The molecule has 0 atom stereocenters. The minimum absolute atomic E-state index is 0.112. The van der Waals surface area contributed by atoms with E-state index in [0.29, 0.717) is 11.1 Å². The van der Waals surface area contributed by atoms with Crippen LogP contribution in [0.2, 0.25) is 0 Å². The number of benzene rings is 2. The molecule has 3 N–H and O–H groups in total. The summed E-state index contributed by atoms with van der Waals surface area (Å²) < 4.78 is 66.3. The highest BCUT2D eigenvalue weighted by molar-refractivity contribution is 7.89. The zero-order valence-corrected chi connectivity index (χ0v) is 17.8. The van der Waals surface area contributed by atoms with Crippen LogP contribution >= 0.6 is 0 Å². The highest BCUT2D eigenvalue weighted by atomic mass is 32.2. The minimum Gasteiger partial charge on any atom is -0.329 e. The molecule has 0 saturated heterocycles. The first-order valence-corrected chi connectivity index (χ1v) is 10.7. The maximum Gasteiger partial charge on any atom is 0.238 e. The molecule has 9 nitrogen and oxygen atoms in total. The maximum absolute atomic E-state index is 11.9. The van der Waals surface area contributed by atoms with E-state index in [0.717, 1.165) is 16.0 Å². The van der Waals surface area contributed by atoms with E-state index in [2.05, 4.69) is 20.4 Å². The lowest BCUT2D eigenvalue weighted by molar-refractivity contribution is 0.597. The number of nitrogens with zero attached hydrogens (tertiary/aromatic N) is 5. The molecule has 0 aliphatic heterocycles. The van der Waals surface area contributed by atoms with E-state index < -0.39 is 29.2 Å². The first-order valence-electron chi connectivity index (χ1n) is 11.7. The average Bonchev–Trinajstić information content (AvgIpc) is 3.04. The molecule has 0 radical (unpaired) electrons. The third-order valence-corrected chi connectivity index (χ3v) is 5.93. The van der Waals surface area contributed by atoms with Gasteiger partial charge in [0.25, 0.3) is 0 Å². The smallest absolute Gasteiger partial charge is 0.238 e. The Labute approximate surface area is 187 Å². The van der Waals surface area contributed by atoms with Crippen LogP contribution in [0.3, 0.4) is 0 Å². The van der Waals surface area contributed by atoms with E-state index >= 15 is 0 Å². The molecule has 160 valence electrons. The number of nitrogens with one attached hydrogen (secondary N) is 1. The largest absolute Gasteiger partial charge is 0.329 e. The number of rotatable bonds is 5. The van der Waals surface area contributed by atoms with Crippen molar-refractivity contribution < 1.29 is 15.3 Å². The van der Waals surface area contributed by atoms with E-state index in [4.69, 9.17) is 12.0 Å². The van der Waals surface area contributed by atoms with Gasteiger partial charge in [-0.25, -0.2) is 18.5 Å². The standard InChI is InChI=1S/C21H23N7O2S/c1-13-5-6-15(11-19(13)31(22,29)30)24-21-23-10-9-20(25-21)27(3)16-7-8-17-14(2)28(4)26-18(17)12-16/h5-12H,1-4H3,(H2,22,29,30)(H,23,24,25)/i3D3,9D,10D. The number of hydrogen-bond donors (Lipinski definition) is 2. The molecule has 2 heterocycles. The summed E-state index contributed by atoms with van der Waals surface area (Å²) in [6.45, 7) is 0.707. The predicted molar refractivity (Wildman–Crippen MR) is 121 cm³/mol. The Balaban J connectivity index is 1.83. The van der Waals surface area contributed by atoms with Gasteiger partial charge in [0, 0.05) is 46.8 Å². The molecule has 10 heteroatoms. The summed E-state index contributed by atoms with van der Waals surface area (Å²) in [5.74, 6) is -0.525. The van der Waals surface area contributed by atoms with Crippen molar-refractivity contribution in [3.8, 4) is 0 Å². The van der Waals surface area contributed by atoms with Gasteiger partial charge in [-0.2, -0.15) is 10.1 Å². The third-order valence-electron chi connectivity index (χ3n) is 4.88. The van der Waals surface area contributed by atoms with Crippen LogP contribution in [0, 0.1) is 13.8 Å². The zero-order chi connectivity index (χ0) is 26.6. The second kappa shape index (κ2) is 7.64.